The number of hydrogen-bond donors (Lipinski definition) is 2. The lowest BCUT2D eigenvalue weighted by atomic mass is 9.86. The van der Waals surface area contributed by atoms with Crippen LogP contribution < -0.4 is 0 Å². The molecule has 0 aromatic heterocycles. The number of aliphatic carboxylic acids is 1. The van der Waals surface area contributed by atoms with Gasteiger partial charge in [0.05, 0.1) is 6.10 Å². The zero-order valence-electron chi connectivity index (χ0n) is 21.9. The van der Waals surface area contributed by atoms with E-state index >= 15 is 0 Å². The minimum absolute atomic E-state index is 0.0256. The van der Waals surface area contributed by atoms with Crippen molar-refractivity contribution in [3.63, 3.8) is 0 Å². The fraction of sp³-hybridized carbons (Fsp3) is 0.733. The van der Waals surface area contributed by atoms with Crippen LogP contribution in [0.3, 0.4) is 0 Å². The second-order valence-corrected chi connectivity index (χ2v) is 9.99. The molecular weight excluding hydrogens is 424 g/mol. The number of unbranched alkanes of at least 4 members (excludes halogenated alkanes) is 8. The largest absolute Gasteiger partial charge is 0.478 e. The third-order valence-electron chi connectivity index (χ3n) is 7.01. The first-order valence-electron chi connectivity index (χ1n) is 14.0. The Morgan fingerprint density at radius 1 is 0.941 bits per heavy atom. The van der Waals surface area contributed by atoms with Gasteiger partial charge in [-0.1, -0.05) is 102 Å². The van der Waals surface area contributed by atoms with Crippen LogP contribution in [0.15, 0.2) is 36.0 Å². The summed E-state index contributed by atoms with van der Waals surface area (Å²) in [4.78, 5) is 23.8. The molecule has 194 valence electrons. The zero-order chi connectivity index (χ0) is 25.0. The van der Waals surface area contributed by atoms with Gasteiger partial charge in [0.1, 0.15) is 0 Å². The van der Waals surface area contributed by atoms with E-state index in [0.29, 0.717) is 12.0 Å². The van der Waals surface area contributed by atoms with Crippen LogP contribution >= 0.6 is 0 Å². The quantitative estimate of drug-likeness (QED) is 0.100. The highest BCUT2D eigenvalue weighted by molar-refractivity contribution is 5.94. The Balaban J connectivity index is 2.31. The van der Waals surface area contributed by atoms with Crippen molar-refractivity contribution < 1.29 is 19.8 Å². The molecule has 4 heteroatoms. The molecule has 0 aromatic carbocycles. The van der Waals surface area contributed by atoms with Crippen LogP contribution in [-0.4, -0.2) is 28.1 Å². The van der Waals surface area contributed by atoms with E-state index in [4.69, 9.17) is 0 Å². The molecule has 4 nitrogen and oxygen atoms in total. The summed E-state index contributed by atoms with van der Waals surface area (Å²) in [7, 11) is 0. The maximum Gasteiger partial charge on any atom is 0.331 e. The molecule has 0 amide bonds. The van der Waals surface area contributed by atoms with E-state index in [0.717, 1.165) is 64.2 Å². The van der Waals surface area contributed by atoms with E-state index in [1.807, 2.05) is 18.2 Å². The van der Waals surface area contributed by atoms with Gasteiger partial charge in [0.15, 0.2) is 5.78 Å². The van der Waals surface area contributed by atoms with Crippen LogP contribution in [-0.2, 0) is 9.59 Å². The van der Waals surface area contributed by atoms with E-state index in [1.54, 1.807) is 12.2 Å². The topological polar surface area (TPSA) is 74.6 Å². The van der Waals surface area contributed by atoms with E-state index in [-0.39, 0.29) is 23.7 Å². The lowest BCUT2D eigenvalue weighted by Gasteiger charge is -2.18. The molecule has 1 unspecified atom stereocenters. The lowest BCUT2D eigenvalue weighted by molar-refractivity contribution is -0.132. The van der Waals surface area contributed by atoms with E-state index in [1.165, 1.54) is 38.5 Å². The van der Waals surface area contributed by atoms with Crippen molar-refractivity contribution in [2.24, 2.45) is 11.8 Å². The maximum atomic E-state index is 12.3. The lowest BCUT2D eigenvalue weighted by Crippen LogP contribution is -2.16. The second-order valence-electron chi connectivity index (χ2n) is 9.99. The van der Waals surface area contributed by atoms with Crippen LogP contribution in [0.5, 0.6) is 0 Å². The first-order valence-corrected chi connectivity index (χ1v) is 14.0. The van der Waals surface area contributed by atoms with Crippen LogP contribution in [0.4, 0.5) is 0 Å². The van der Waals surface area contributed by atoms with Gasteiger partial charge in [-0.25, -0.2) is 4.79 Å². The number of carboxylic acids is 1. The predicted molar refractivity (Wildman–Crippen MR) is 142 cm³/mol. The molecule has 1 aliphatic carbocycles. The van der Waals surface area contributed by atoms with Gasteiger partial charge in [-0.2, -0.15) is 0 Å². The highest BCUT2D eigenvalue weighted by atomic mass is 16.4. The highest BCUT2D eigenvalue weighted by Crippen LogP contribution is 2.31. The number of ketones is 1. The molecule has 0 aromatic rings. The van der Waals surface area contributed by atoms with Crippen molar-refractivity contribution in [2.45, 2.75) is 129 Å². The van der Waals surface area contributed by atoms with Crippen molar-refractivity contribution in [1.82, 2.24) is 0 Å². The SMILES string of the molecule is CCCCCCCCCCC(=CC=CCC[C@H]1C(=O)C=C[C@@H]1CCCC(O)CCCC)C(=O)O. The van der Waals surface area contributed by atoms with Crippen molar-refractivity contribution in [3.8, 4) is 0 Å². The third kappa shape index (κ3) is 13.9. The number of carbonyl (C=O) groups excluding carboxylic acids is 1. The minimum Gasteiger partial charge on any atom is -0.478 e. The van der Waals surface area contributed by atoms with Crippen LogP contribution in [0.1, 0.15) is 123 Å². The van der Waals surface area contributed by atoms with Gasteiger partial charge in [-0.3, -0.25) is 4.79 Å². The average Bonchev–Trinajstić information content (AvgIpc) is 3.16. The molecule has 3 atom stereocenters. The number of aliphatic hydroxyl groups excluding tert-OH is 1. The van der Waals surface area contributed by atoms with Crippen molar-refractivity contribution >= 4 is 11.8 Å². The van der Waals surface area contributed by atoms with Gasteiger partial charge in [0, 0.05) is 11.5 Å². The summed E-state index contributed by atoms with van der Waals surface area (Å²) in [6.45, 7) is 4.36. The Hall–Kier alpha value is -1.68. The smallest absolute Gasteiger partial charge is 0.331 e. The van der Waals surface area contributed by atoms with Gasteiger partial charge in [-0.15, -0.1) is 0 Å². The first kappa shape index (κ1) is 30.4. The van der Waals surface area contributed by atoms with Crippen LogP contribution in [0.2, 0.25) is 0 Å². The second kappa shape index (κ2) is 19.6. The van der Waals surface area contributed by atoms with Crippen LogP contribution in [0.25, 0.3) is 0 Å². The Labute approximate surface area is 208 Å². The number of carbonyl (C=O) groups is 2. The van der Waals surface area contributed by atoms with Gasteiger partial charge in [0.25, 0.3) is 0 Å². The molecule has 0 spiro atoms. The average molecular weight is 475 g/mol. The first-order chi connectivity index (χ1) is 16.5. The molecular formula is C30H50O4. The molecule has 0 saturated heterocycles. The molecule has 1 aliphatic rings. The van der Waals surface area contributed by atoms with Crippen LogP contribution in [0, 0.1) is 11.8 Å². The molecule has 0 fully saturated rings. The molecule has 0 bridgehead atoms. The monoisotopic (exact) mass is 474 g/mol. The summed E-state index contributed by atoms with van der Waals surface area (Å²) < 4.78 is 0. The van der Waals surface area contributed by atoms with Gasteiger partial charge >= 0.3 is 5.97 Å². The standard InChI is InChI=1S/C30H50O4/c1-3-5-7-8-9-10-11-13-17-26(30(33)34)18-14-12-15-22-28-25(23-24-29(28)32)19-16-21-27(31)20-6-4-2/h12,14,18,23-25,27-28,31H,3-11,13,15-17,19-22H2,1-2H3,(H,33,34)/t25-,27?,28+/m0/s1. The zero-order valence-corrected chi connectivity index (χ0v) is 21.9. The Bertz CT molecular complexity index is 646. The molecule has 0 saturated carbocycles. The normalized spacial score (nSPS) is 19.4. The summed E-state index contributed by atoms with van der Waals surface area (Å²) in [5.41, 5.74) is 0.473. The maximum absolute atomic E-state index is 12.3. The number of hydrogen-bond acceptors (Lipinski definition) is 3. The molecule has 1 rings (SSSR count). The highest BCUT2D eigenvalue weighted by Gasteiger charge is 2.28. The van der Waals surface area contributed by atoms with Crippen molar-refractivity contribution in [1.29, 1.82) is 0 Å². The van der Waals surface area contributed by atoms with E-state index < -0.39 is 5.97 Å². The van der Waals surface area contributed by atoms with Crippen molar-refractivity contribution in [2.75, 3.05) is 0 Å². The summed E-state index contributed by atoms with van der Waals surface area (Å²) in [6, 6.07) is 0. The van der Waals surface area contributed by atoms with Gasteiger partial charge in [0.2, 0.25) is 0 Å². The molecule has 0 heterocycles. The third-order valence-corrected chi connectivity index (χ3v) is 7.01. The number of rotatable bonds is 21. The minimum atomic E-state index is -0.830. The molecule has 34 heavy (non-hydrogen) atoms. The molecule has 0 radical (unpaired) electrons. The van der Waals surface area contributed by atoms with Gasteiger partial charge in [-0.05, 0) is 56.9 Å². The predicted octanol–water partition coefficient (Wildman–Crippen LogP) is 7.96. The fourth-order valence-corrected chi connectivity index (χ4v) is 4.78. The number of allylic oxidation sites excluding steroid dienone is 5. The van der Waals surface area contributed by atoms with Crippen molar-refractivity contribution in [3.05, 3.63) is 36.0 Å². The van der Waals surface area contributed by atoms with E-state index in [2.05, 4.69) is 13.8 Å². The summed E-state index contributed by atoms with van der Waals surface area (Å²) in [5, 5.41) is 19.5. The summed E-state index contributed by atoms with van der Waals surface area (Å²) in [6.07, 6.45) is 26.7. The van der Waals surface area contributed by atoms with Gasteiger partial charge < -0.3 is 10.2 Å². The Kier molecular flexibility index (Phi) is 17.5. The number of aliphatic hydroxyl groups is 1. The Morgan fingerprint density at radius 3 is 2.26 bits per heavy atom. The molecule has 0 aliphatic heterocycles. The Morgan fingerprint density at radius 2 is 1.59 bits per heavy atom. The molecule has 2 N–H and O–H groups in total. The number of carboxylic acid groups (broad SMARTS) is 1. The van der Waals surface area contributed by atoms with E-state index in [9.17, 15) is 19.8 Å². The fourth-order valence-electron chi connectivity index (χ4n) is 4.78. The summed E-state index contributed by atoms with van der Waals surface area (Å²) in [5.74, 6) is -0.325. The summed E-state index contributed by atoms with van der Waals surface area (Å²) >= 11 is 0.